The molecule has 0 bridgehead atoms. The minimum absolute atomic E-state index is 0.591. The Morgan fingerprint density at radius 1 is 1.00 bits per heavy atom. The van der Waals surface area contributed by atoms with E-state index < -0.39 is 0 Å². The van der Waals surface area contributed by atoms with E-state index in [2.05, 4.69) is 61.6 Å². The van der Waals surface area contributed by atoms with Crippen LogP contribution in [-0.4, -0.2) is 41.3 Å². The van der Waals surface area contributed by atoms with Crippen LogP contribution in [0.2, 0.25) is 0 Å². The van der Waals surface area contributed by atoms with Crippen molar-refractivity contribution in [2.75, 3.05) is 36.5 Å². The minimum Gasteiger partial charge on any atom is -0.378 e. The molecular weight excluding hydrogens is 370 g/mol. The van der Waals surface area contributed by atoms with Gasteiger partial charge in [-0.15, -0.1) is 11.3 Å². The Morgan fingerprint density at radius 2 is 1.86 bits per heavy atom. The zero-order valence-corrected chi connectivity index (χ0v) is 16.0. The second kappa shape index (κ2) is 7.53. The maximum Gasteiger partial charge on any atom is 0.227 e. The Balaban J connectivity index is 1.34. The van der Waals surface area contributed by atoms with Gasteiger partial charge < -0.3 is 15.0 Å². The summed E-state index contributed by atoms with van der Waals surface area (Å²) in [6.45, 7) is 3.44. The summed E-state index contributed by atoms with van der Waals surface area (Å²) in [5.74, 6) is 0.591. The molecule has 0 unspecified atom stereocenters. The third-order valence-electron chi connectivity index (χ3n) is 4.76. The van der Waals surface area contributed by atoms with E-state index in [4.69, 9.17) is 4.74 Å². The van der Waals surface area contributed by atoms with E-state index in [1.54, 1.807) is 11.3 Å². The van der Waals surface area contributed by atoms with Gasteiger partial charge in [0.15, 0.2) is 0 Å². The number of morpholine rings is 1. The van der Waals surface area contributed by atoms with Crippen LogP contribution >= 0.6 is 11.3 Å². The molecule has 1 saturated heterocycles. The first-order chi connectivity index (χ1) is 13.8. The molecule has 1 aliphatic rings. The van der Waals surface area contributed by atoms with Crippen LogP contribution in [0.5, 0.6) is 0 Å². The Hall–Kier alpha value is -3.03. The van der Waals surface area contributed by atoms with Crippen molar-refractivity contribution in [2.24, 2.45) is 0 Å². The second-order valence-corrected chi connectivity index (χ2v) is 7.47. The average Bonchev–Trinajstić information content (AvgIpc) is 3.30. The molecule has 0 amide bonds. The summed E-state index contributed by atoms with van der Waals surface area (Å²) in [6.07, 6.45) is 3.67. The molecule has 140 valence electrons. The SMILES string of the molecule is c1csc(-c2ccc3nc(Nc4ccc(N5CCOCC5)cc4)ncc3c2)n1. The van der Waals surface area contributed by atoms with Gasteiger partial charge in [0.2, 0.25) is 5.95 Å². The van der Waals surface area contributed by atoms with Gasteiger partial charge in [-0.2, -0.15) is 0 Å². The zero-order chi connectivity index (χ0) is 18.8. The highest BCUT2D eigenvalue weighted by Crippen LogP contribution is 2.26. The standard InChI is InChI=1S/C21H19N5OS/c1-6-19-16(13-15(1)20-22-7-12-28-20)14-23-21(25-19)24-17-2-4-18(5-3-17)26-8-10-27-11-9-26/h1-7,12-14H,8-11H2,(H,23,24,25). The molecule has 1 N–H and O–H groups in total. The molecule has 0 saturated carbocycles. The molecule has 5 rings (SSSR count). The van der Waals surface area contributed by atoms with E-state index in [0.717, 1.165) is 53.5 Å². The van der Waals surface area contributed by atoms with E-state index in [-0.39, 0.29) is 0 Å². The van der Waals surface area contributed by atoms with E-state index in [9.17, 15) is 0 Å². The fraction of sp³-hybridized carbons (Fsp3) is 0.190. The number of aromatic nitrogens is 3. The molecule has 1 aliphatic heterocycles. The fourth-order valence-corrected chi connectivity index (χ4v) is 3.93. The van der Waals surface area contributed by atoms with Gasteiger partial charge >= 0.3 is 0 Å². The summed E-state index contributed by atoms with van der Waals surface area (Å²) in [5.41, 5.74) is 4.17. The molecule has 0 radical (unpaired) electrons. The number of hydrogen-bond acceptors (Lipinski definition) is 7. The summed E-state index contributed by atoms with van der Waals surface area (Å²) >= 11 is 1.63. The summed E-state index contributed by atoms with van der Waals surface area (Å²) in [5, 5.41) is 7.28. The van der Waals surface area contributed by atoms with Gasteiger partial charge in [0.25, 0.3) is 0 Å². The molecule has 2 aromatic carbocycles. The normalized spacial score (nSPS) is 14.4. The Morgan fingerprint density at radius 3 is 2.64 bits per heavy atom. The predicted molar refractivity (Wildman–Crippen MR) is 113 cm³/mol. The van der Waals surface area contributed by atoms with Crippen LogP contribution in [0, 0.1) is 0 Å². The third-order valence-corrected chi connectivity index (χ3v) is 5.58. The highest BCUT2D eigenvalue weighted by Gasteiger charge is 2.11. The summed E-state index contributed by atoms with van der Waals surface area (Å²) < 4.78 is 5.41. The van der Waals surface area contributed by atoms with E-state index in [1.165, 1.54) is 5.69 Å². The molecule has 6 nitrogen and oxygen atoms in total. The zero-order valence-electron chi connectivity index (χ0n) is 15.2. The lowest BCUT2D eigenvalue weighted by molar-refractivity contribution is 0.122. The van der Waals surface area contributed by atoms with Gasteiger partial charge in [-0.05, 0) is 42.5 Å². The Labute approximate surface area is 166 Å². The number of hydrogen-bond donors (Lipinski definition) is 1. The highest BCUT2D eigenvalue weighted by atomic mass is 32.1. The molecule has 4 aromatic rings. The molecular formula is C21H19N5OS. The second-order valence-electron chi connectivity index (χ2n) is 6.58. The van der Waals surface area contributed by atoms with Crippen LogP contribution in [0.1, 0.15) is 0 Å². The van der Waals surface area contributed by atoms with Crippen LogP contribution in [-0.2, 0) is 4.74 Å². The topological polar surface area (TPSA) is 63.2 Å². The predicted octanol–water partition coefficient (Wildman–Crippen LogP) is 4.33. The first-order valence-electron chi connectivity index (χ1n) is 9.22. The van der Waals surface area contributed by atoms with Crippen molar-refractivity contribution in [3.63, 3.8) is 0 Å². The average molecular weight is 389 g/mol. The van der Waals surface area contributed by atoms with Crippen molar-refractivity contribution in [2.45, 2.75) is 0 Å². The summed E-state index contributed by atoms with van der Waals surface area (Å²) in [7, 11) is 0. The first kappa shape index (κ1) is 17.1. The lowest BCUT2D eigenvalue weighted by Gasteiger charge is -2.28. The number of ether oxygens (including phenoxy) is 1. The number of nitrogens with one attached hydrogen (secondary N) is 1. The molecule has 0 atom stereocenters. The lowest BCUT2D eigenvalue weighted by atomic mass is 10.1. The maximum absolute atomic E-state index is 5.41. The Bertz CT molecular complexity index is 1080. The van der Waals surface area contributed by atoms with Gasteiger partial charge in [0.05, 0.1) is 18.7 Å². The lowest BCUT2D eigenvalue weighted by Crippen LogP contribution is -2.36. The first-order valence-corrected chi connectivity index (χ1v) is 10.1. The maximum atomic E-state index is 5.41. The number of nitrogens with zero attached hydrogens (tertiary/aromatic N) is 4. The smallest absolute Gasteiger partial charge is 0.227 e. The van der Waals surface area contributed by atoms with E-state index >= 15 is 0 Å². The van der Waals surface area contributed by atoms with Crippen LogP contribution in [0.15, 0.2) is 60.2 Å². The number of anilines is 3. The van der Waals surface area contributed by atoms with Crippen LogP contribution in [0.3, 0.4) is 0 Å². The van der Waals surface area contributed by atoms with Gasteiger partial charge in [0, 0.05) is 53.2 Å². The number of benzene rings is 2. The van der Waals surface area contributed by atoms with Crippen molar-refractivity contribution in [1.29, 1.82) is 0 Å². The molecule has 0 aliphatic carbocycles. The summed E-state index contributed by atoms with van der Waals surface area (Å²) in [6, 6.07) is 14.5. The van der Waals surface area contributed by atoms with Crippen molar-refractivity contribution < 1.29 is 4.74 Å². The number of rotatable bonds is 4. The fourth-order valence-electron chi connectivity index (χ4n) is 3.30. The molecule has 3 heterocycles. The quantitative estimate of drug-likeness (QED) is 0.560. The van der Waals surface area contributed by atoms with Crippen LogP contribution in [0.25, 0.3) is 21.5 Å². The largest absolute Gasteiger partial charge is 0.378 e. The molecule has 1 fully saturated rings. The van der Waals surface area contributed by atoms with E-state index in [0.29, 0.717) is 5.95 Å². The highest BCUT2D eigenvalue weighted by molar-refractivity contribution is 7.13. The van der Waals surface area contributed by atoms with Crippen molar-refractivity contribution >= 4 is 39.6 Å². The van der Waals surface area contributed by atoms with Gasteiger partial charge in [-0.3, -0.25) is 0 Å². The van der Waals surface area contributed by atoms with Crippen molar-refractivity contribution in [3.8, 4) is 10.6 Å². The third kappa shape index (κ3) is 3.54. The molecule has 0 spiro atoms. The molecule has 7 heteroatoms. The monoisotopic (exact) mass is 389 g/mol. The van der Waals surface area contributed by atoms with Crippen molar-refractivity contribution in [3.05, 3.63) is 60.2 Å². The van der Waals surface area contributed by atoms with Crippen LogP contribution < -0.4 is 10.2 Å². The van der Waals surface area contributed by atoms with Crippen LogP contribution in [0.4, 0.5) is 17.3 Å². The van der Waals surface area contributed by atoms with E-state index in [1.807, 2.05) is 23.8 Å². The Kier molecular flexibility index (Phi) is 4.60. The van der Waals surface area contributed by atoms with Gasteiger partial charge in [0.1, 0.15) is 5.01 Å². The van der Waals surface area contributed by atoms with Crippen molar-refractivity contribution in [1.82, 2.24) is 15.0 Å². The van der Waals surface area contributed by atoms with Gasteiger partial charge in [-0.25, -0.2) is 15.0 Å². The minimum atomic E-state index is 0.591. The molecule has 28 heavy (non-hydrogen) atoms. The summed E-state index contributed by atoms with van der Waals surface area (Å²) in [4.78, 5) is 15.8. The number of thiazole rings is 1. The van der Waals surface area contributed by atoms with Gasteiger partial charge in [-0.1, -0.05) is 0 Å². The molecule has 2 aromatic heterocycles. The number of fused-ring (bicyclic) bond motifs is 1.